The molecule has 38 heavy (non-hydrogen) atoms. The predicted octanol–water partition coefficient (Wildman–Crippen LogP) is 6.11. The van der Waals surface area contributed by atoms with Crippen molar-refractivity contribution >= 4 is 22.6 Å². The minimum Gasteiger partial charge on any atom is -0.354 e. The summed E-state index contributed by atoms with van der Waals surface area (Å²) < 4.78 is 41.5. The van der Waals surface area contributed by atoms with Crippen LogP contribution in [0.4, 0.5) is 19.0 Å². The second kappa shape index (κ2) is 10.4. The van der Waals surface area contributed by atoms with Crippen molar-refractivity contribution in [1.82, 2.24) is 14.5 Å². The van der Waals surface area contributed by atoms with E-state index in [4.69, 9.17) is 0 Å². The molecule has 0 fully saturated rings. The number of benzene rings is 2. The van der Waals surface area contributed by atoms with E-state index in [2.05, 4.69) is 15.3 Å². The van der Waals surface area contributed by atoms with Gasteiger partial charge in [0, 0.05) is 37.0 Å². The van der Waals surface area contributed by atoms with Crippen LogP contribution < -0.4 is 10.9 Å². The molecule has 2 aromatic carbocycles. The molecule has 0 saturated heterocycles. The number of halogens is 3. The number of carbonyl (C=O) groups is 1. The quantitative estimate of drug-likeness (QED) is 0.274. The molecule has 3 aromatic heterocycles. The van der Waals surface area contributed by atoms with Crippen LogP contribution >= 0.6 is 0 Å². The van der Waals surface area contributed by atoms with Gasteiger partial charge in [0.2, 0.25) is 12.3 Å². The highest BCUT2D eigenvalue weighted by molar-refractivity contribution is 6.03. The van der Waals surface area contributed by atoms with E-state index in [0.29, 0.717) is 27.7 Å². The maximum absolute atomic E-state index is 13.4. The summed E-state index contributed by atoms with van der Waals surface area (Å²) in [6, 6.07) is 19.5. The van der Waals surface area contributed by atoms with Crippen LogP contribution in [0.15, 0.2) is 90.0 Å². The Kier molecular flexibility index (Phi) is 6.83. The number of nitrogens with zero attached hydrogens (tertiary/aromatic N) is 2. The van der Waals surface area contributed by atoms with E-state index < -0.39 is 30.5 Å². The summed E-state index contributed by atoms with van der Waals surface area (Å²) in [5.41, 5.74) is 3.57. The number of amides is 1. The molecule has 192 valence electrons. The Balaban J connectivity index is 1.55. The molecule has 0 radical (unpaired) electrons. The molecule has 6 nitrogen and oxygen atoms in total. The number of anilines is 1. The maximum Gasteiger partial charge on any atom is 0.260 e. The van der Waals surface area contributed by atoms with Crippen LogP contribution in [-0.2, 0) is 11.8 Å². The highest BCUT2D eigenvalue weighted by atomic mass is 19.3. The molecule has 2 N–H and O–H groups in total. The summed E-state index contributed by atoms with van der Waals surface area (Å²) in [4.78, 5) is 33.7. The molecular weight excluding hydrogens is 493 g/mol. The molecule has 1 atom stereocenters. The number of aromatic amines is 1. The first-order valence-electron chi connectivity index (χ1n) is 11.9. The van der Waals surface area contributed by atoms with Gasteiger partial charge in [-0.15, -0.1) is 0 Å². The number of carbonyl (C=O) groups excluding carboxylic acids is 1. The number of alkyl halides is 2. The zero-order chi connectivity index (χ0) is 26.8. The number of pyridine rings is 2. The van der Waals surface area contributed by atoms with Crippen molar-refractivity contribution < 1.29 is 18.0 Å². The van der Waals surface area contributed by atoms with Gasteiger partial charge >= 0.3 is 0 Å². The fourth-order valence-corrected chi connectivity index (χ4v) is 4.54. The first kappa shape index (κ1) is 25.0. The molecule has 3 heterocycles. The van der Waals surface area contributed by atoms with E-state index in [0.717, 1.165) is 17.7 Å². The van der Waals surface area contributed by atoms with Gasteiger partial charge in [-0.3, -0.25) is 9.59 Å². The van der Waals surface area contributed by atoms with Crippen LogP contribution in [0.2, 0.25) is 0 Å². The number of nitrogens with one attached hydrogen (secondary N) is 2. The SMILES string of the molecule is Cn1ccc2[nH]c(-c3ccnc(NC(=O)[C@@H](CC(F)F)c4ccc(F)cc4)c3)c(-c3ccccc3)c2c1=O. The number of hydrogen-bond acceptors (Lipinski definition) is 3. The van der Waals surface area contributed by atoms with Crippen LogP contribution in [0.25, 0.3) is 33.3 Å². The largest absolute Gasteiger partial charge is 0.354 e. The number of aryl methyl sites for hydroxylation is 1. The second-order valence-electron chi connectivity index (χ2n) is 8.91. The molecule has 0 unspecified atom stereocenters. The molecule has 0 aliphatic carbocycles. The zero-order valence-corrected chi connectivity index (χ0v) is 20.3. The zero-order valence-electron chi connectivity index (χ0n) is 20.3. The van der Waals surface area contributed by atoms with Gasteiger partial charge in [-0.1, -0.05) is 42.5 Å². The number of rotatable bonds is 7. The van der Waals surface area contributed by atoms with Gasteiger partial charge in [0.15, 0.2) is 0 Å². The average molecular weight is 517 g/mol. The maximum atomic E-state index is 13.4. The number of H-pyrrole nitrogens is 1. The Morgan fingerprint density at radius 2 is 1.76 bits per heavy atom. The molecule has 0 bridgehead atoms. The molecule has 9 heteroatoms. The fourth-order valence-electron chi connectivity index (χ4n) is 4.54. The van der Waals surface area contributed by atoms with Crippen molar-refractivity contribution in [1.29, 1.82) is 0 Å². The molecule has 5 aromatic rings. The Morgan fingerprint density at radius 3 is 2.47 bits per heavy atom. The van der Waals surface area contributed by atoms with Crippen molar-refractivity contribution in [3.05, 3.63) is 107 Å². The van der Waals surface area contributed by atoms with Gasteiger partial charge in [0.05, 0.1) is 22.5 Å². The van der Waals surface area contributed by atoms with E-state index in [-0.39, 0.29) is 16.9 Å². The Morgan fingerprint density at radius 1 is 1.03 bits per heavy atom. The topological polar surface area (TPSA) is 79.8 Å². The van der Waals surface area contributed by atoms with Gasteiger partial charge in [-0.25, -0.2) is 18.2 Å². The van der Waals surface area contributed by atoms with Gasteiger partial charge < -0.3 is 14.9 Å². The molecule has 0 aliphatic heterocycles. The minimum absolute atomic E-state index is 0.152. The van der Waals surface area contributed by atoms with Crippen molar-refractivity contribution in [2.75, 3.05) is 5.32 Å². The normalized spacial score (nSPS) is 12.1. The summed E-state index contributed by atoms with van der Waals surface area (Å²) in [5.74, 6) is -2.26. The first-order valence-corrected chi connectivity index (χ1v) is 11.9. The molecule has 0 aliphatic rings. The van der Waals surface area contributed by atoms with Gasteiger partial charge in [-0.05, 0) is 41.5 Å². The fraction of sp³-hybridized carbons (Fsp3) is 0.138. The third-order valence-electron chi connectivity index (χ3n) is 6.39. The smallest absolute Gasteiger partial charge is 0.260 e. The lowest BCUT2D eigenvalue weighted by atomic mass is 9.95. The number of hydrogen-bond donors (Lipinski definition) is 2. The lowest BCUT2D eigenvalue weighted by Gasteiger charge is -2.17. The molecule has 1 amide bonds. The van der Waals surface area contributed by atoms with Gasteiger partial charge in [-0.2, -0.15) is 0 Å². The highest BCUT2D eigenvalue weighted by Gasteiger charge is 2.26. The lowest BCUT2D eigenvalue weighted by Crippen LogP contribution is -2.23. The van der Waals surface area contributed by atoms with Gasteiger partial charge in [0.25, 0.3) is 5.56 Å². The first-order chi connectivity index (χ1) is 18.3. The van der Waals surface area contributed by atoms with Crippen molar-refractivity contribution in [3.63, 3.8) is 0 Å². The van der Waals surface area contributed by atoms with Crippen molar-refractivity contribution in [2.24, 2.45) is 7.05 Å². The number of fused-ring (bicyclic) bond motifs is 1. The lowest BCUT2D eigenvalue weighted by molar-refractivity contribution is -0.118. The standard InChI is InChI=1S/C29H23F3N4O2/c1-36-14-12-22-26(29(36)38)25(18-5-3-2-4-6-18)27(34-22)19-11-13-33-24(15-19)35-28(37)21(16-23(31)32)17-7-9-20(30)10-8-17/h2-15,21,23,34H,16H2,1H3,(H,33,35,37)/t21-/m0/s1. The van der Waals surface area contributed by atoms with Crippen LogP contribution in [-0.4, -0.2) is 26.9 Å². The second-order valence-corrected chi connectivity index (χ2v) is 8.91. The van der Waals surface area contributed by atoms with E-state index in [1.807, 2.05) is 36.4 Å². The van der Waals surface area contributed by atoms with Crippen molar-refractivity contribution in [2.45, 2.75) is 18.8 Å². The van der Waals surface area contributed by atoms with Gasteiger partial charge in [0.1, 0.15) is 11.6 Å². The van der Waals surface area contributed by atoms with E-state index in [1.54, 1.807) is 25.4 Å². The summed E-state index contributed by atoms with van der Waals surface area (Å²) in [5, 5.41) is 3.15. The van der Waals surface area contributed by atoms with Crippen molar-refractivity contribution in [3.8, 4) is 22.4 Å². The number of aromatic nitrogens is 3. The Hall–Kier alpha value is -4.66. The van der Waals surface area contributed by atoms with Crippen LogP contribution in [0.3, 0.4) is 0 Å². The average Bonchev–Trinajstić information content (AvgIpc) is 3.31. The summed E-state index contributed by atoms with van der Waals surface area (Å²) in [6.45, 7) is 0. The van der Waals surface area contributed by atoms with Crippen LogP contribution in [0.5, 0.6) is 0 Å². The van der Waals surface area contributed by atoms with E-state index in [9.17, 15) is 22.8 Å². The Bertz CT molecular complexity index is 1660. The van der Waals surface area contributed by atoms with E-state index in [1.165, 1.54) is 22.9 Å². The third kappa shape index (κ3) is 4.95. The summed E-state index contributed by atoms with van der Waals surface area (Å²) >= 11 is 0. The Labute approximate surface area is 215 Å². The van der Waals surface area contributed by atoms with E-state index >= 15 is 0 Å². The van der Waals surface area contributed by atoms with Crippen LogP contribution in [0, 0.1) is 5.82 Å². The monoisotopic (exact) mass is 516 g/mol. The highest BCUT2D eigenvalue weighted by Crippen LogP contribution is 2.37. The molecular formula is C29H23F3N4O2. The minimum atomic E-state index is -2.74. The molecule has 5 rings (SSSR count). The summed E-state index contributed by atoms with van der Waals surface area (Å²) in [7, 11) is 1.68. The van der Waals surface area contributed by atoms with Crippen LogP contribution in [0.1, 0.15) is 17.9 Å². The third-order valence-corrected chi connectivity index (χ3v) is 6.39. The molecule has 0 spiro atoms. The summed E-state index contributed by atoms with van der Waals surface area (Å²) in [6.07, 6.45) is -0.294. The predicted molar refractivity (Wildman–Crippen MR) is 141 cm³/mol. The molecule has 0 saturated carbocycles.